The van der Waals surface area contributed by atoms with Crippen LogP contribution in [0.1, 0.15) is 10.4 Å². The van der Waals surface area contributed by atoms with E-state index in [0.717, 1.165) is 10.4 Å². The van der Waals surface area contributed by atoms with E-state index in [1.807, 2.05) is 11.4 Å². The Hall–Kier alpha value is -0.910. The summed E-state index contributed by atoms with van der Waals surface area (Å²) in [5.74, 6) is 5.62. The summed E-state index contributed by atoms with van der Waals surface area (Å²) in [6.07, 6.45) is 0. The second-order valence-corrected chi connectivity index (χ2v) is 5.50. The van der Waals surface area contributed by atoms with Crippen molar-refractivity contribution in [3.8, 4) is 11.8 Å². The fraction of sp³-hybridized carbons (Fsp3) is 0.333. The number of rotatable bonds is 4. The first-order chi connectivity index (χ1) is 7.59. The van der Waals surface area contributed by atoms with Gasteiger partial charge in [-0.1, -0.05) is 11.8 Å². The van der Waals surface area contributed by atoms with Crippen molar-refractivity contribution in [3.63, 3.8) is 0 Å². The van der Waals surface area contributed by atoms with E-state index in [0.29, 0.717) is 0 Å². The zero-order chi connectivity index (χ0) is 12.0. The van der Waals surface area contributed by atoms with Crippen LogP contribution in [0.4, 0.5) is 0 Å². The zero-order valence-corrected chi connectivity index (χ0v) is 10.4. The Morgan fingerprint density at radius 3 is 2.94 bits per heavy atom. The van der Waals surface area contributed by atoms with E-state index in [2.05, 4.69) is 21.3 Å². The lowest BCUT2D eigenvalue weighted by atomic mass is 10.2. The Morgan fingerprint density at radius 2 is 2.31 bits per heavy atom. The lowest BCUT2D eigenvalue weighted by Gasteiger charge is -2.03. The third-order valence-corrected chi connectivity index (χ3v) is 3.74. The molecule has 88 valence electrons. The van der Waals surface area contributed by atoms with E-state index in [1.54, 1.807) is 0 Å². The van der Waals surface area contributed by atoms with Gasteiger partial charge < -0.3 is 5.73 Å². The molecular weight excluding hydrogens is 246 g/mol. The molecule has 0 aliphatic rings. The van der Waals surface area contributed by atoms with E-state index in [4.69, 9.17) is 5.73 Å². The third-order valence-electron chi connectivity index (χ3n) is 1.76. The highest BCUT2D eigenvalue weighted by Gasteiger charge is 2.08. The van der Waals surface area contributed by atoms with Crippen LogP contribution in [0.3, 0.4) is 0 Å². The van der Waals surface area contributed by atoms with Crippen molar-refractivity contribution in [3.05, 3.63) is 21.9 Å². The number of nitrogens with one attached hydrogen (secondary N) is 2. The molecule has 7 heteroatoms. The SMILES string of the molecule is CNS(=O)(=O)NCc1sccc1C#CCN. The lowest BCUT2D eigenvalue weighted by Crippen LogP contribution is -2.33. The van der Waals surface area contributed by atoms with Gasteiger partial charge in [0.25, 0.3) is 10.2 Å². The molecule has 0 bridgehead atoms. The van der Waals surface area contributed by atoms with Crippen LogP contribution in [0, 0.1) is 11.8 Å². The van der Waals surface area contributed by atoms with Gasteiger partial charge in [0, 0.05) is 24.0 Å². The van der Waals surface area contributed by atoms with Crippen LogP contribution in [0.25, 0.3) is 0 Å². The minimum Gasteiger partial charge on any atom is -0.320 e. The van der Waals surface area contributed by atoms with Crippen LogP contribution in [0.5, 0.6) is 0 Å². The van der Waals surface area contributed by atoms with Crippen LogP contribution in [0.15, 0.2) is 11.4 Å². The molecular formula is C9H13N3O2S2. The molecule has 5 nitrogen and oxygen atoms in total. The van der Waals surface area contributed by atoms with Crippen molar-refractivity contribution in [1.82, 2.24) is 9.44 Å². The summed E-state index contributed by atoms with van der Waals surface area (Å²) < 4.78 is 26.9. The second-order valence-electron chi connectivity index (χ2n) is 2.79. The highest BCUT2D eigenvalue weighted by molar-refractivity contribution is 7.87. The normalized spacial score (nSPS) is 10.9. The van der Waals surface area contributed by atoms with E-state index in [-0.39, 0.29) is 13.1 Å². The van der Waals surface area contributed by atoms with Crippen molar-refractivity contribution >= 4 is 21.5 Å². The molecule has 0 spiro atoms. The number of nitrogens with two attached hydrogens (primary N) is 1. The molecule has 16 heavy (non-hydrogen) atoms. The molecule has 0 atom stereocenters. The van der Waals surface area contributed by atoms with Crippen molar-refractivity contribution in [2.75, 3.05) is 13.6 Å². The van der Waals surface area contributed by atoms with Crippen molar-refractivity contribution in [1.29, 1.82) is 0 Å². The second kappa shape index (κ2) is 5.98. The summed E-state index contributed by atoms with van der Waals surface area (Å²) in [7, 11) is -2.05. The fourth-order valence-corrected chi connectivity index (χ4v) is 2.31. The molecule has 1 heterocycles. The largest absolute Gasteiger partial charge is 0.320 e. The Balaban J connectivity index is 2.72. The predicted octanol–water partition coefficient (Wildman–Crippen LogP) is -0.388. The Bertz CT molecular complexity index is 496. The highest BCUT2D eigenvalue weighted by Crippen LogP contribution is 2.15. The van der Waals surface area contributed by atoms with E-state index >= 15 is 0 Å². The maximum atomic E-state index is 11.1. The van der Waals surface area contributed by atoms with Gasteiger partial charge in [0.2, 0.25) is 0 Å². The van der Waals surface area contributed by atoms with Crippen molar-refractivity contribution in [2.45, 2.75) is 6.54 Å². The summed E-state index contributed by atoms with van der Waals surface area (Å²) in [6.45, 7) is 0.521. The summed E-state index contributed by atoms with van der Waals surface area (Å²) in [5, 5.41) is 1.86. The summed E-state index contributed by atoms with van der Waals surface area (Å²) in [5.41, 5.74) is 6.08. The van der Waals surface area contributed by atoms with Gasteiger partial charge in [-0.15, -0.1) is 11.3 Å². The van der Waals surface area contributed by atoms with Crippen LogP contribution in [-0.2, 0) is 16.8 Å². The zero-order valence-electron chi connectivity index (χ0n) is 8.78. The Labute approximate surface area is 99.2 Å². The minimum absolute atomic E-state index is 0.232. The average Bonchev–Trinajstić information content (AvgIpc) is 2.71. The van der Waals surface area contributed by atoms with E-state index < -0.39 is 10.2 Å². The van der Waals surface area contributed by atoms with Crippen LogP contribution in [0.2, 0.25) is 0 Å². The molecule has 1 aromatic rings. The summed E-state index contributed by atoms with van der Waals surface area (Å²) in [4.78, 5) is 0.875. The summed E-state index contributed by atoms with van der Waals surface area (Å²) >= 11 is 1.45. The topological polar surface area (TPSA) is 84.2 Å². The average molecular weight is 259 g/mol. The van der Waals surface area contributed by atoms with Gasteiger partial charge in [-0.2, -0.15) is 13.1 Å². The lowest BCUT2D eigenvalue weighted by molar-refractivity contribution is 0.573. The fourth-order valence-electron chi connectivity index (χ4n) is 0.968. The van der Waals surface area contributed by atoms with Crippen LogP contribution >= 0.6 is 11.3 Å². The number of thiophene rings is 1. The third kappa shape index (κ3) is 3.92. The molecule has 0 aliphatic carbocycles. The quantitative estimate of drug-likeness (QED) is 0.644. The molecule has 4 N–H and O–H groups in total. The molecule has 0 radical (unpaired) electrons. The highest BCUT2D eigenvalue weighted by atomic mass is 32.2. The minimum atomic E-state index is -3.40. The molecule has 0 amide bonds. The van der Waals surface area contributed by atoms with Crippen LogP contribution < -0.4 is 15.2 Å². The molecule has 0 fully saturated rings. The molecule has 0 saturated heterocycles. The first-order valence-electron chi connectivity index (χ1n) is 4.52. The first kappa shape index (κ1) is 13.2. The van der Waals surface area contributed by atoms with Crippen molar-refractivity contribution in [2.24, 2.45) is 5.73 Å². The van der Waals surface area contributed by atoms with Gasteiger partial charge in [0.05, 0.1) is 6.54 Å². The monoisotopic (exact) mass is 259 g/mol. The van der Waals surface area contributed by atoms with Gasteiger partial charge in [0.15, 0.2) is 0 Å². The Morgan fingerprint density at radius 1 is 1.56 bits per heavy atom. The van der Waals surface area contributed by atoms with Gasteiger partial charge >= 0.3 is 0 Å². The molecule has 0 saturated carbocycles. The smallest absolute Gasteiger partial charge is 0.276 e. The first-order valence-corrected chi connectivity index (χ1v) is 6.89. The predicted molar refractivity (Wildman–Crippen MR) is 65.1 cm³/mol. The molecule has 0 aliphatic heterocycles. The molecule has 1 aromatic heterocycles. The van der Waals surface area contributed by atoms with Crippen LogP contribution in [-0.4, -0.2) is 22.0 Å². The number of hydrogen-bond acceptors (Lipinski definition) is 4. The van der Waals surface area contributed by atoms with Gasteiger partial charge in [-0.25, -0.2) is 4.72 Å². The van der Waals surface area contributed by atoms with Gasteiger partial charge in [0.1, 0.15) is 0 Å². The molecule has 0 unspecified atom stereocenters. The number of hydrogen-bond donors (Lipinski definition) is 3. The van der Waals surface area contributed by atoms with Crippen molar-refractivity contribution < 1.29 is 8.42 Å². The molecule has 0 aromatic carbocycles. The van der Waals surface area contributed by atoms with E-state index in [1.165, 1.54) is 18.4 Å². The van der Waals surface area contributed by atoms with E-state index in [9.17, 15) is 8.42 Å². The maximum absolute atomic E-state index is 11.1. The van der Waals surface area contributed by atoms with Gasteiger partial charge in [-0.05, 0) is 11.4 Å². The molecule has 1 rings (SSSR count). The summed E-state index contributed by atoms with van der Waals surface area (Å²) in [6, 6.07) is 1.84. The maximum Gasteiger partial charge on any atom is 0.276 e. The standard InChI is InChI=1S/C9H13N3O2S2/c1-11-16(13,14)12-7-9-8(3-2-5-10)4-6-15-9/h4,6,11-12H,5,7,10H2,1H3. The Kier molecular flexibility index (Phi) is 4.92. The van der Waals surface area contributed by atoms with Gasteiger partial charge in [-0.3, -0.25) is 0 Å².